The number of rotatable bonds is 4. The van der Waals surface area contributed by atoms with Crippen LogP contribution in [0.1, 0.15) is 13.8 Å². The van der Waals surface area contributed by atoms with Gasteiger partial charge in [0, 0.05) is 11.6 Å². The molecule has 6 heteroatoms. The first-order valence-electron chi connectivity index (χ1n) is 6.66. The van der Waals surface area contributed by atoms with Crippen LogP contribution >= 0.6 is 0 Å². The molecule has 0 aliphatic rings. The van der Waals surface area contributed by atoms with Gasteiger partial charge in [-0.1, -0.05) is 37.2 Å². The van der Waals surface area contributed by atoms with E-state index < -0.39 is 5.92 Å². The number of hydrogen-bond acceptors (Lipinski definition) is 4. The minimum absolute atomic E-state index is 0.0937. The van der Waals surface area contributed by atoms with Crippen LogP contribution in [0.15, 0.2) is 41.7 Å². The number of amidine groups is 1. The minimum Gasteiger partial charge on any atom is -0.409 e. The van der Waals surface area contributed by atoms with E-state index in [1.54, 1.807) is 12.3 Å². The number of nitrogens with zero attached hydrogens (tertiary/aromatic N) is 2. The molecular formula is C15H18N4O2. The van der Waals surface area contributed by atoms with E-state index in [0.29, 0.717) is 11.2 Å². The van der Waals surface area contributed by atoms with Crippen molar-refractivity contribution >= 4 is 28.3 Å². The molecule has 1 aromatic carbocycles. The zero-order chi connectivity index (χ0) is 15.4. The molecule has 2 rings (SSSR count). The number of aromatic nitrogens is 1. The van der Waals surface area contributed by atoms with Crippen molar-refractivity contribution in [2.75, 3.05) is 5.32 Å². The van der Waals surface area contributed by atoms with Gasteiger partial charge in [0.15, 0.2) is 5.84 Å². The van der Waals surface area contributed by atoms with Crippen LogP contribution < -0.4 is 11.1 Å². The average Bonchev–Trinajstić information content (AvgIpc) is 2.47. The molecule has 0 spiro atoms. The van der Waals surface area contributed by atoms with E-state index in [2.05, 4.69) is 15.5 Å². The van der Waals surface area contributed by atoms with Crippen molar-refractivity contribution in [3.8, 4) is 0 Å². The lowest BCUT2D eigenvalue weighted by Crippen LogP contribution is -2.38. The number of hydrogen-bond donors (Lipinski definition) is 3. The van der Waals surface area contributed by atoms with E-state index in [1.807, 2.05) is 38.1 Å². The third-order valence-corrected chi connectivity index (χ3v) is 3.27. The number of anilines is 1. The highest BCUT2D eigenvalue weighted by Gasteiger charge is 2.27. The number of benzene rings is 1. The number of carbonyl (C=O) groups is 1. The molecule has 1 unspecified atom stereocenters. The van der Waals surface area contributed by atoms with E-state index >= 15 is 0 Å². The fourth-order valence-corrected chi connectivity index (χ4v) is 2.26. The molecule has 0 aliphatic carbocycles. The van der Waals surface area contributed by atoms with E-state index in [0.717, 1.165) is 5.39 Å². The highest BCUT2D eigenvalue weighted by atomic mass is 16.4. The topological polar surface area (TPSA) is 101 Å². The highest BCUT2D eigenvalue weighted by molar-refractivity contribution is 6.10. The maximum atomic E-state index is 12.4. The quantitative estimate of drug-likeness (QED) is 0.347. The van der Waals surface area contributed by atoms with Crippen molar-refractivity contribution in [1.29, 1.82) is 0 Å². The first-order chi connectivity index (χ1) is 10.0. The second kappa shape index (κ2) is 6.21. The Morgan fingerprint density at radius 2 is 2.05 bits per heavy atom. The van der Waals surface area contributed by atoms with E-state index in [4.69, 9.17) is 10.9 Å². The lowest BCUT2D eigenvalue weighted by Gasteiger charge is -2.19. The number of oxime groups is 1. The maximum absolute atomic E-state index is 12.4. The standard InChI is InChI=1S/C15H18N4O2/c1-9(2)12(14(16)19-21)15(20)18-11-7-3-5-10-6-4-8-17-13(10)11/h3-9,12,21H,1-2H3,(H2,16,19)(H,18,20). The molecule has 0 saturated heterocycles. The zero-order valence-electron chi connectivity index (χ0n) is 11.9. The van der Waals surface area contributed by atoms with Crippen LogP contribution in [-0.4, -0.2) is 21.9 Å². The van der Waals surface area contributed by atoms with Gasteiger partial charge in [-0.25, -0.2) is 0 Å². The Kier molecular flexibility index (Phi) is 4.37. The number of nitrogens with one attached hydrogen (secondary N) is 1. The van der Waals surface area contributed by atoms with Gasteiger partial charge in [-0.05, 0) is 18.1 Å². The zero-order valence-corrected chi connectivity index (χ0v) is 11.9. The average molecular weight is 286 g/mol. The second-order valence-corrected chi connectivity index (χ2v) is 5.12. The van der Waals surface area contributed by atoms with Gasteiger partial charge in [-0.15, -0.1) is 0 Å². The lowest BCUT2D eigenvalue weighted by atomic mass is 9.93. The fourth-order valence-electron chi connectivity index (χ4n) is 2.26. The summed E-state index contributed by atoms with van der Waals surface area (Å²) in [7, 11) is 0. The highest BCUT2D eigenvalue weighted by Crippen LogP contribution is 2.22. The Bertz CT molecular complexity index is 677. The number of amides is 1. The molecule has 21 heavy (non-hydrogen) atoms. The molecule has 0 bridgehead atoms. The molecule has 1 heterocycles. The van der Waals surface area contributed by atoms with Gasteiger partial charge in [0.1, 0.15) is 5.92 Å². The molecule has 0 saturated carbocycles. The fraction of sp³-hybridized carbons (Fsp3) is 0.267. The van der Waals surface area contributed by atoms with Gasteiger partial charge in [0.25, 0.3) is 0 Å². The molecule has 0 radical (unpaired) electrons. The first-order valence-corrected chi connectivity index (χ1v) is 6.66. The minimum atomic E-state index is -0.700. The number of carbonyl (C=O) groups excluding carboxylic acids is 1. The van der Waals surface area contributed by atoms with Crippen LogP contribution in [-0.2, 0) is 4.79 Å². The summed E-state index contributed by atoms with van der Waals surface area (Å²) in [6, 6.07) is 9.29. The molecule has 4 N–H and O–H groups in total. The number of nitrogens with two attached hydrogens (primary N) is 1. The van der Waals surface area contributed by atoms with Gasteiger partial charge in [0.2, 0.25) is 5.91 Å². The normalized spacial score (nSPS) is 13.4. The Morgan fingerprint density at radius 3 is 2.71 bits per heavy atom. The summed E-state index contributed by atoms with van der Waals surface area (Å²) in [5.41, 5.74) is 6.92. The molecule has 1 amide bonds. The van der Waals surface area contributed by atoms with Crippen molar-refractivity contribution in [2.24, 2.45) is 22.7 Å². The van der Waals surface area contributed by atoms with Crippen molar-refractivity contribution < 1.29 is 10.0 Å². The number of para-hydroxylation sites is 1. The molecule has 0 fully saturated rings. The third-order valence-electron chi connectivity index (χ3n) is 3.27. The molecule has 6 nitrogen and oxygen atoms in total. The van der Waals surface area contributed by atoms with E-state index in [9.17, 15) is 4.79 Å². The predicted molar refractivity (Wildman–Crippen MR) is 82.1 cm³/mol. The first kappa shape index (κ1) is 14.8. The summed E-state index contributed by atoms with van der Waals surface area (Å²) in [6.45, 7) is 3.67. The van der Waals surface area contributed by atoms with Crippen molar-refractivity contribution in [3.05, 3.63) is 36.5 Å². The summed E-state index contributed by atoms with van der Waals surface area (Å²) in [5.74, 6) is -1.22. The van der Waals surface area contributed by atoms with Crippen molar-refractivity contribution in [2.45, 2.75) is 13.8 Å². The van der Waals surface area contributed by atoms with Crippen LogP contribution in [0.5, 0.6) is 0 Å². The molecule has 110 valence electrons. The molecule has 0 aliphatic heterocycles. The lowest BCUT2D eigenvalue weighted by molar-refractivity contribution is -0.119. The van der Waals surface area contributed by atoms with Crippen LogP contribution in [0.25, 0.3) is 10.9 Å². The monoisotopic (exact) mass is 286 g/mol. The molecular weight excluding hydrogens is 268 g/mol. The third kappa shape index (κ3) is 3.10. The predicted octanol–water partition coefficient (Wildman–Crippen LogP) is 2.19. The Labute approximate surface area is 122 Å². The molecule has 2 aromatic rings. The summed E-state index contributed by atoms with van der Waals surface area (Å²) in [4.78, 5) is 16.7. The van der Waals surface area contributed by atoms with Crippen molar-refractivity contribution in [1.82, 2.24) is 4.98 Å². The van der Waals surface area contributed by atoms with Gasteiger partial charge in [-0.3, -0.25) is 9.78 Å². The van der Waals surface area contributed by atoms with Gasteiger partial charge in [-0.2, -0.15) is 0 Å². The molecule has 1 atom stereocenters. The van der Waals surface area contributed by atoms with Gasteiger partial charge >= 0.3 is 0 Å². The summed E-state index contributed by atoms with van der Waals surface area (Å²) < 4.78 is 0. The Morgan fingerprint density at radius 1 is 1.33 bits per heavy atom. The Balaban J connectivity index is 2.33. The van der Waals surface area contributed by atoms with Gasteiger partial charge in [0.05, 0.1) is 11.2 Å². The van der Waals surface area contributed by atoms with Crippen LogP contribution in [0.4, 0.5) is 5.69 Å². The molecule has 1 aromatic heterocycles. The largest absolute Gasteiger partial charge is 0.409 e. The van der Waals surface area contributed by atoms with E-state index in [-0.39, 0.29) is 17.7 Å². The summed E-state index contributed by atoms with van der Waals surface area (Å²) in [5, 5.41) is 15.5. The number of fused-ring (bicyclic) bond motifs is 1. The Hall–Kier alpha value is -2.63. The maximum Gasteiger partial charge on any atom is 0.235 e. The van der Waals surface area contributed by atoms with Crippen LogP contribution in [0, 0.1) is 11.8 Å². The SMILES string of the molecule is CC(C)C(C(=O)Nc1cccc2cccnc12)C(N)=NO. The smallest absolute Gasteiger partial charge is 0.235 e. The van der Waals surface area contributed by atoms with Crippen LogP contribution in [0.2, 0.25) is 0 Å². The van der Waals surface area contributed by atoms with E-state index in [1.165, 1.54) is 0 Å². The number of pyridine rings is 1. The van der Waals surface area contributed by atoms with Crippen LogP contribution in [0.3, 0.4) is 0 Å². The second-order valence-electron chi connectivity index (χ2n) is 5.12. The summed E-state index contributed by atoms with van der Waals surface area (Å²) in [6.07, 6.45) is 1.67. The van der Waals surface area contributed by atoms with Gasteiger partial charge < -0.3 is 16.3 Å². The summed E-state index contributed by atoms with van der Waals surface area (Å²) >= 11 is 0. The van der Waals surface area contributed by atoms with Crippen molar-refractivity contribution in [3.63, 3.8) is 0 Å².